The molecule has 0 saturated heterocycles. The van der Waals surface area contributed by atoms with Crippen LogP contribution in [0, 0.1) is 11.6 Å². The molecule has 0 bridgehead atoms. The Morgan fingerprint density at radius 1 is 0.955 bits per heavy atom. The molecule has 1 aliphatic rings. The SMILES string of the molecule is Fc1cccc(C2=C(c3c[nH]c4ccccc34)CN=C2)c1F. The van der Waals surface area contributed by atoms with Crippen LogP contribution in [0.1, 0.15) is 11.1 Å². The van der Waals surface area contributed by atoms with Crippen molar-refractivity contribution in [3.63, 3.8) is 0 Å². The zero-order valence-electron chi connectivity index (χ0n) is 11.6. The van der Waals surface area contributed by atoms with Gasteiger partial charge in [0, 0.05) is 40.0 Å². The fourth-order valence-corrected chi connectivity index (χ4v) is 2.89. The van der Waals surface area contributed by atoms with Crippen LogP contribution >= 0.6 is 0 Å². The van der Waals surface area contributed by atoms with E-state index < -0.39 is 11.6 Å². The topological polar surface area (TPSA) is 28.1 Å². The van der Waals surface area contributed by atoms with Crippen LogP contribution in [0.2, 0.25) is 0 Å². The second-order valence-electron chi connectivity index (χ2n) is 5.21. The first-order valence-electron chi connectivity index (χ1n) is 6.99. The van der Waals surface area contributed by atoms with Gasteiger partial charge in [0.1, 0.15) is 0 Å². The van der Waals surface area contributed by atoms with E-state index >= 15 is 0 Å². The molecule has 0 saturated carbocycles. The standard InChI is InChI=1S/C18H12F2N2/c19-16-6-3-5-12(18(16)20)13-8-21-9-14(13)15-10-22-17-7-2-1-4-11(15)17/h1-8,10,22H,9H2. The van der Waals surface area contributed by atoms with Crippen LogP contribution in [0.25, 0.3) is 22.0 Å². The molecular weight excluding hydrogens is 282 g/mol. The Morgan fingerprint density at radius 2 is 1.82 bits per heavy atom. The highest BCUT2D eigenvalue weighted by Crippen LogP contribution is 2.34. The van der Waals surface area contributed by atoms with E-state index in [0.29, 0.717) is 12.1 Å². The number of hydrogen-bond acceptors (Lipinski definition) is 1. The van der Waals surface area contributed by atoms with Crippen LogP contribution in [0.15, 0.2) is 53.7 Å². The van der Waals surface area contributed by atoms with Crippen LogP contribution in [0.4, 0.5) is 8.78 Å². The molecule has 4 rings (SSSR count). The number of para-hydroxylation sites is 1. The molecule has 1 aromatic heterocycles. The Morgan fingerprint density at radius 3 is 2.73 bits per heavy atom. The Balaban J connectivity index is 1.95. The van der Waals surface area contributed by atoms with Gasteiger partial charge in [-0.05, 0) is 17.7 Å². The molecule has 0 unspecified atom stereocenters. The average molecular weight is 294 g/mol. The molecule has 3 aromatic rings. The summed E-state index contributed by atoms with van der Waals surface area (Å²) < 4.78 is 27.6. The fraction of sp³-hybridized carbons (Fsp3) is 0.0556. The molecule has 4 heteroatoms. The molecule has 0 amide bonds. The number of nitrogens with zero attached hydrogens (tertiary/aromatic N) is 1. The summed E-state index contributed by atoms with van der Waals surface area (Å²) in [5, 5.41) is 1.05. The summed E-state index contributed by atoms with van der Waals surface area (Å²) >= 11 is 0. The van der Waals surface area contributed by atoms with Crippen LogP contribution in [-0.2, 0) is 0 Å². The highest BCUT2D eigenvalue weighted by molar-refractivity contribution is 6.23. The number of H-pyrrole nitrogens is 1. The van der Waals surface area contributed by atoms with Gasteiger partial charge in [-0.15, -0.1) is 0 Å². The summed E-state index contributed by atoms with van der Waals surface area (Å²) in [6, 6.07) is 12.1. The zero-order chi connectivity index (χ0) is 15.1. The lowest BCUT2D eigenvalue weighted by Gasteiger charge is -2.07. The number of aromatic amines is 1. The van der Waals surface area contributed by atoms with E-state index in [-0.39, 0.29) is 5.56 Å². The molecule has 2 aromatic carbocycles. The lowest BCUT2D eigenvalue weighted by atomic mass is 9.96. The fourth-order valence-electron chi connectivity index (χ4n) is 2.89. The van der Waals surface area contributed by atoms with Crippen molar-refractivity contribution in [2.24, 2.45) is 4.99 Å². The summed E-state index contributed by atoms with van der Waals surface area (Å²) in [4.78, 5) is 7.46. The molecular formula is C18H12F2N2. The van der Waals surface area contributed by atoms with E-state index in [4.69, 9.17) is 0 Å². The quantitative estimate of drug-likeness (QED) is 0.723. The van der Waals surface area contributed by atoms with Gasteiger partial charge >= 0.3 is 0 Å². The van der Waals surface area contributed by atoms with Crippen molar-refractivity contribution in [1.29, 1.82) is 0 Å². The number of aliphatic imine (C=N–C) groups is 1. The normalized spacial score (nSPS) is 14.3. The van der Waals surface area contributed by atoms with Crippen LogP contribution in [0.5, 0.6) is 0 Å². The summed E-state index contributed by atoms with van der Waals surface area (Å²) in [6.45, 7) is 0.465. The third kappa shape index (κ3) is 1.88. The first-order chi connectivity index (χ1) is 10.8. The summed E-state index contributed by atoms with van der Waals surface area (Å²) in [5.74, 6) is -1.67. The molecule has 108 valence electrons. The van der Waals surface area contributed by atoms with Crippen LogP contribution in [0.3, 0.4) is 0 Å². The van der Waals surface area contributed by atoms with Crippen molar-refractivity contribution in [3.8, 4) is 0 Å². The molecule has 0 aliphatic carbocycles. The monoisotopic (exact) mass is 294 g/mol. The van der Waals surface area contributed by atoms with Crippen molar-refractivity contribution < 1.29 is 8.78 Å². The molecule has 0 fully saturated rings. The zero-order valence-corrected chi connectivity index (χ0v) is 11.6. The van der Waals surface area contributed by atoms with E-state index in [1.54, 1.807) is 12.3 Å². The van der Waals surface area contributed by atoms with Gasteiger partial charge in [-0.25, -0.2) is 8.78 Å². The molecule has 1 N–H and O–H groups in total. The van der Waals surface area contributed by atoms with Crippen molar-refractivity contribution in [1.82, 2.24) is 4.98 Å². The number of aromatic nitrogens is 1. The number of hydrogen-bond donors (Lipinski definition) is 1. The largest absolute Gasteiger partial charge is 0.361 e. The van der Waals surface area contributed by atoms with Crippen molar-refractivity contribution in [3.05, 3.63) is 71.4 Å². The van der Waals surface area contributed by atoms with Gasteiger partial charge in [-0.2, -0.15) is 0 Å². The van der Waals surface area contributed by atoms with Crippen LogP contribution in [-0.4, -0.2) is 17.7 Å². The third-order valence-corrected chi connectivity index (χ3v) is 3.95. The van der Waals surface area contributed by atoms with E-state index in [1.165, 1.54) is 6.07 Å². The van der Waals surface area contributed by atoms with Gasteiger partial charge in [0.25, 0.3) is 0 Å². The second-order valence-corrected chi connectivity index (χ2v) is 5.21. The summed E-state index contributed by atoms with van der Waals surface area (Å²) in [6.07, 6.45) is 3.51. The molecule has 2 heterocycles. The molecule has 1 aliphatic heterocycles. The number of allylic oxidation sites excluding steroid dienone is 1. The van der Waals surface area contributed by atoms with Gasteiger partial charge in [-0.1, -0.05) is 30.3 Å². The minimum atomic E-state index is -0.844. The molecule has 22 heavy (non-hydrogen) atoms. The van der Waals surface area contributed by atoms with Gasteiger partial charge in [0.15, 0.2) is 11.6 Å². The molecule has 2 nitrogen and oxygen atoms in total. The van der Waals surface area contributed by atoms with Gasteiger partial charge < -0.3 is 4.98 Å². The number of benzene rings is 2. The second kappa shape index (κ2) is 4.91. The highest BCUT2D eigenvalue weighted by Gasteiger charge is 2.20. The number of fused-ring (bicyclic) bond motifs is 1. The highest BCUT2D eigenvalue weighted by atomic mass is 19.2. The maximum Gasteiger partial charge on any atom is 0.166 e. The van der Waals surface area contributed by atoms with E-state index in [9.17, 15) is 8.78 Å². The van der Waals surface area contributed by atoms with E-state index in [1.807, 2.05) is 30.5 Å². The predicted molar refractivity (Wildman–Crippen MR) is 84.8 cm³/mol. The van der Waals surface area contributed by atoms with Gasteiger partial charge in [0.2, 0.25) is 0 Å². The Kier molecular flexibility index (Phi) is 2.89. The first-order valence-corrected chi connectivity index (χ1v) is 6.99. The lowest BCUT2D eigenvalue weighted by Crippen LogP contribution is -1.96. The van der Waals surface area contributed by atoms with Crippen LogP contribution < -0.4 is 0 Å². The van der Waals surface area contributed by atoms with E-state index in [0.717, 1.165) is 28.1 Å². The maximum atomic E-state index is 14.1. The van der Waals surface area contributed by atoms with Crippen molar-refractivity contribution in [2.45, 2.75) is 0 Å². The average Bonchev–Trinajstić information content (AvgIpc) is 3.16. The van der Waals surface area contributed by atoms with Crippen molar-refractivity contribution >= 4 is 28.3 Å². The third-order valence-electron chi connectivity index (χ3n) is 3.95. The van der Waals surface area contributed by atoms with Gasteiger partial charge in [-0.3, -0.25) is 4.99 Å². The Hall–Kier alpha value is -2.75. The molecule has 0 radical (unpaired) electrons. The smallest absolute Gasteiger partial charge is 0.166 e. The lowest BCUT2D eigenvalue weighted by molar-refractivity contribution is 0.507. The Bertz CT molecular complexity index is 935. The molecule has 0 spiro atoms. The predicted octanol–water partition coefficient (Wildman–Crippen LogP) is 4.44. The van der Waals surface area contributed by atoms with Gasteiger partial charge in [0.05, 0.1) is 6.54 Å². The molecule has 0 atom stereocenters. The summed E-state index contributed by atoms with van der Waals surface area (Å²) in [5.41, 5.74) is 3.79. The number of nitrogens with one attached hydrogen (secondary N) is 1. The minimum absolute atomic E-state index is 0.251. The number of rotatable bonds is 2. The maximum absolute atomic E-state index is 14.1. The Labute approximate surface area is 125 Å². The summed E-state index contributed by atoms with van der Waals surface area (Å²) in [7, 11) is 0. The van der Waals surface area contributed by atoms with E-state index in [2.05, 4.69) is 9.98 Å². The minimum Gasteiger partial charge on any atom is -0.361 e. The van der Waals surface area contributed by atoms with Crippen molar-refractivity contribution in [2.75, 3.05) is 6.54 Å². The first kappa shape index (κ1) is 13.0. The number of halogens is 2.